The zero-order chi connectivity index (χ0) is 17.4. The van der Waals surface area contributed by atoms with Crippen LogP contribution >= 0.6 is 0 Å². The Morgan fingerprint density at radius 2 is 1.38 bits per heavy atom. The van der Waals surface area contributed by atoms with Crippen molar-refractivity contribution in [3.05, 3.63) is 59.7 Å². The first-order valence-electron chi connectivity index (χ1n) is 8.72. The van der Waals surface area contributed by atoms with Gasteiger partial charge in [-0.15, -0.1) is 0 Å². The van der Waals surface area contributed by atoms with Gasteiger partial charge in [0, 0.05) is 12.0 Å². The van der Waals surface area contributed by atoms with E-state index in [1.165, 1.54) is 17.5 Å². The van der Waals surface area contributed by atoms with Crippen molar-refractivity contribution in [3.63, 3.8) is 0 Å². The Morgan fingerprint density at radius 3 is 1.88 bits per heavy atom. The first kappa shape index (κ1) is 18.3. The molecule has 0 saturated heterocycles. The van der Waals surface area contributed by atoms with Crippen molar-refractivity contribution in [1.82, 2.24) is 0 Å². The minimum Gasteiger partial charge on any atom is -0.497 e. The second-order valence-electron chi connectivity index (χ2n) is 6.54. The van der Waals surface area contributed by atoms with Crippen LogP contribution in [0.25, 0.3) is 0 Å². The summed E-state index contributed by atoms with van der Waals surface area (Å²) in [5.74, 6) is 3.06. The summed E-state index contributed by atoms with van der Waals surface area (Å²) in [5.41, 5.74) is 2.74. The second-order valence-corrected chi connectivity index (χ2v) is 6.54. The highest BCUT2D eigenvalue weighted by molar-refractivity contribution is 5.29. The smallest absolute Gasteiger partial charge is 0.118 e. The van der Waals surface area contributed by atoms with Crippen LogP contribution in [0.2, 0.25) is 0 Å². The number of ether oxygens (including phenoxy) is 2. The van der Waals surface area contributed by atoms with Gasteiger partial charge in [0.15, 0.2) is 0 Å². The first-order valence-corrected chi connectivity index (χ1v) is 8.72. The highest BCUT2D eigenvalue weighted by Gasteiger charge is 2.16. The molecule has 0 saturated carbocycles. The van der Waals surface area contributed by atoms with Gasteiger partial charge in [-0.2, -0.15) is 0 Å². The van der Waals surface area contributed by atoms with E-state index in [0.717, 1.165) is 24.6 Å². The molecule has 3 nitrogen and oxygen atoms in total. The Bertz CT molecular complexity index is 590. The summed E-state index contributed by atoms with van der Waals surface area (Å²) in [6.07, 6.45) is 1.18. The van der Waals surface area contributed by atoms with Crippen LogP contribution in [0.1, 0.15) is 37.3 Å². The summed E-state index contributed by atoms with van der Waals surface area (Å²) in [5, 5.41) is 2.39. The molecular formula is C21H30NO2+. The molecule has 0 radical (unpaired) electrons. The summed E-state index contributed by atoms with van der Waals surface area (Å²) in [7, 11) is 3.41. The molecule has 0 amide bonds. The summed E-state index contributed by atoms with van der Waals surface area (Å²) >= 11 is 0. The number of quaternary nitrogens is 1. The van der Waals surface area contributed by atoms with Crippen molar-refractivity contribution in [2.24, 2.45) is 5.92 Å². The van der Waals surface area contributed by atoms with E-state index in [4.69, 9.17) is 9.47 Å². The van der Waals surface area contributed by atoms with Crippen molar-refractivity contribution in [1.29, 1.82) is 0 Å². The predicted octanol–water partition coefficient (Wildman–Crippen LogP) is 3.60. The van der Waals surface area contributed by atoms with E-state index in [-0.39, 0.29) is 0 Å². The average molecular weight is 328 g/mol. The van der Waals surface area contributed by atoms with E-state index >= 15 is 0 Å². The molecule has 0 aliphatic heterocycles. The van der Waals surface area contributed by atoms with Crippen LogP contribution in [-0.2, 0) is 6.54 Å². The van der Waals surface area contributed by atoms with Gasteiger partial charge in [-0.05, 0) is 53.8 Å². The molecule has 2 aromatic carbocycles. The number of hydrogen-bond acceptors (Lipinski definition) is 2. The maximum Gasteiger partial charge on any atom is 0.118 e. The SMILES string of the molecule is COc1ccc(C[NH2+]CC[C@@H](c2ccc(OC)cc2)C(C)C)cc1. The number of rotatable bonds is 9. The molecule has 3 heteroatoms. The van der Waals surface area contributed by atoms with Crippen LogP contribution in [0.15, 0.2) is 48.5 Å². The lowest BCUT2D eigenvalue weighted by Crippen LogP contribution is -2.82. The fourth-order valence-corrected chi connectivity index (χ4v) is 3.06. The number of methoxy groups -OCH3 is 2. The van der Waals surface area contributed by atoms with Gasteiger partial charge in [0.05, 0.1) is 20.8 Å². The summed E-state index contributed by atoms with van der Waals surface area (Å²) in [4.78, 5) is 0. The van der Waals surface area contributed by atoms with Crippen LogP contribution in [0, 0.1) is 5.92 Å². The molecule has 2 rings (SSSR count). The highest BCUT2D eigenvalue weighted by atomic mass is 16.5. The molecule has 2 aromatic rings. The molecule has 0 unspecified atom stereocenters. The van der Waals surface area contributed by atoms with E-state index in [1.807, 2.05) is 12.1 Å². The maximum atomic E-state index is 5.26. The molecule has 0 bridgehead atoms. The third kappa shape index (κ3) is 5.27. The molecule has 1 atom stereocenters. The average Bonchev–Trinajstić information content (AvgIpc) is 2.62. The van der Waals surface area contributed by atoms with Gasteiger partial charge >= 0.3 is 0 Å². The Labute approximate surface area is 146 Å². The zero-order valence-corrected chi connectivity index (χ0v) is 15.3. The molecule has 0 fully saturated rings. The topological polar surface area (TPSA) is 35.1 Å². The summed E-state index contributed by atoms with van der Waals surface area (Å²) in [6.45, 7) is 6.75. The molecule has 0 spiro atoms. The van der Waals surface area contributed by atoms with E-state index in [9.17, 15) is 0 Å². The number of hydrogen-bond donors (Lipinski definition) is 1. The predicted molar refractivity (Wildman–Crippen MR) is 98.7 cm³/mol. The monoisotopic (exact) mass is 328 g/mol. The Morgan fingerprint density at radius 1 is 0.833 bits per heavy atom. The van der Waals surface area contributed by atoms with Gasteiger partial charge in [0.2, 0.25) is 0 Å². The lowest BCUT2D eigenvalue weighted by molar-refractivity contribution is -0.671. The molecule has 130 valence electrons. The Kier molecular flexibility index (Phi) is 7.13. The molecule has 24 heavy (non-hydrogen) atoms. The standard InChI is InChI=1S/C21H29NO2/c1-16(2)21(18-7-11-20(24-4)12-8-18)13-14-22-15-17-5-9-19(23-3)10-6-17/h5-12,16,21-22H,13-15H2,1-4H3/p+1/t21-/m1/s1. The Balaban J connectivity index is 1.84. The molecule has 0 aliphatic carbocycles. The fourth-order valence-electron chi connectivity index (χ4n) is 3.06. The summed E-state index contributed by atoms with van der Waals surface area (Å²) < 4.78 is 10.5. The van der Waals surface area contributed by atoms with Crippen molar-refractivity contribution in [2.75, 3.05) is 20.8 Å². The van der Waals surface area contributed by atoms with Crippen molar-refractivity contribution >= 4 is 0 Å². The van der Waals surface area contributed by atoms with Crippen molar-refractivity contribution in [3.8, 4) is 11.5 Å². The van der Waals surface area contributed by atoms with E-state index in [2.05, 4.69) is 55.6 Å². The lowest BCUT2D eigenvalue weighted by atomic mass is 9.86. The van der Waals surface area contributed by atoms with Gasteiger partial charge in [-0.3, -0.25) is 0 Å². The highest BCUT2D eigenvalue weighted by Crippen LogP contribution is 2.28. The van der Waals surface area contributed by atoms with E-state index < -0.39 is 0 Å². The minimum atomic E-state index is 0.586. The van der Waals surface area contributed by atoms with Crippen LogP contribution in [-0.4, -0.2) is 20.8 Å². The molecule has 2 N–H and O–H groups in total. The van der Waals surface area contributed by atoms with Crippen LogP contribution < -0.4 is 14.8 Å². The Hall–Kier alpha value is -2.00. The van der Waals surface area contributed by atoms with Crippen LogP contribution in [0.3, 0.4) is 0 Å². The molecule has 0 heterocycles. The van der Waals surface area contributed by atoms with Gasteiger partial charge in [-0.25, -0.2) is 0 Å². The molecule has 0 aromatic heterocycles. The van der Waals surface area contributed by atoms with Crippen LogP contribution in [0.5, 0.6) is 11.5 Å². The maximum absolute atomic E-state index is 5.26. The lowest BCUT2D eigenvalue weighted by Gasteiger charge is -2.21. The van der Waals surface area contributed by atoms with Crippen molar-refractivity contribution in [2.45, 2.75) is 32.7 Å². The minimum absolute atomic E-state index is 0.586. The van der Waals surface area contributed by atoms with Gasteiger partial charge in [0.25, 0.3) is 0 Å². The quantitative estimate of drug-likeness (QED) is 0.714. The van der Waals surface area contributed by atoms with Gasteiger partial charge < -0.3 is 14.8 Å². The molecule has 0 aliphatic rings. The third-order valence-electron chi connectivity index (χ3n) is 4.57. The van der Waals surface area contributed by atoms with Crippen LogP contribution in [0.4, 0.5) is 0 Å². The number of nitrogens with two attached hydrogens (primary N) is 1. The largest absolute Gasteiger partial charge is 0.497 e. The zero-order valence-electron chi connectivity index (χ0n) is 15.3. The number of benzene rings is 2. The van der Waals surface area contributed by atoms with Crippen molar-refractivity contribution < 1.29 is 14.8 Å². The fraction of sp³-hybridized carbons (Fsp3) is 0.429. The second kappa shape index (κ2) is 9.33. The molecular weight excluding hydrogens is 298 g/mol. The third-order valence-corrected chi connectivity index (χ3v) is 4.57. The van der Waals surface area contributed by atoms with Gasteiger partial charge in [0.1, 0.15) is 18.0 Å². The summed E-state index contributed by atoms with van der Waals surface area (Å²) in [6, 6.07) is 16.9. The van der Waals surface area contributed by atoms with E-state index in [1.54, 1.807) is 14.2 Å². The van der Waals surface area contributed by atoms with Gasteiger partial charge in [-0.1, -0.05) is 26.0 Å². The first-order chi connectivity index (χ1) is 11.6. The van der Waals surface area contributed by atoms with E-state index in [0.29, 0.717) is 11.8 Å². The normalized spacial score (nSPS) is 12.2.